The van der Waals surface area contributed by atoms with Crippen LogP contribution in [0.5, 0.6) is 0 Å². The second kappa shape index (κ2) is 10.1. The summed E-state index contributed by atoms with van der Waals surface area (Å²) in [5.74, 6) is -1.70. The summed E-state index contributed by atoms with van der Waals surface area (Å²) in [4.78, 5) is 26.6. The summed E-state index contributed by atoms with van der Waals surface area (Å²) in [6.45, 7) is 1.52. The maximum atomic E-state index is 13.8. The second-order valence-electron chi connectivity index (χ2n) is 8.00. The van der Waals surface area contributed by atoms with Gasteiger partial charge in [0.25, 0.3) is 0 Å². The summed E-state index contributed by atoms with van der Waals surface area (Å²) in [5.41, 5.74) is 0.0437. The number of nitrogens with zero attached hydrogens (tertiary/aromatic N) is 1. The van der Waals surface area contributed by atoms with Gasteiger partial charge in [-0.05, 0) is 37.7 Å². The Kier molecular flexibility index (Phi) is 7.55. The number of halogens is 2. The average Bonchev–Trinajstić information content (AvgIpc) is 3.44. The van der Waals surface area contributed by atoms with Crippen molar-refractivity contribution in [2.75, 3.05) is 26.2 Å². The first kappa shape index (κ1) is 21.6. The van der Waals surface area contributed by atoms with Gasteiger partial charge < -0.3 is 15.7 Å². The van der Waals surface area contributed by atoms with Gasteiger partial charge >= 0.3 is 0 Å². The van der Waals surface area contributed by atoms with Gasteiger partial charge in [-0.2, -0.15) is 0 Å². The highest BCUT2D eigenvalue weighted by Gasteiger charge is 2.37. The van der Waals surface area contributed by atoms with E-state index in [9.17, 15) is 18.4 Å². The quantitative estimate of drug-likeness (QED) is 0.545. The van der Waals surface area contributed by atoms with E-state index in [-0.39, 0.29) is 49.0 Å². The summed E-state index contributed by atoms with van der Waals surface area (Å²) in [7, 11) is 0. The fourth-order valence-corrected chi connectivity index (χ4v) is 3.98. The van der Waals surface area contributed by atoms with Crippen molar-refractivity contribution in [3.05, 3.63) is 35.4 Å². The first-order chi connectivity index (χ1) is 14.0. The first-order valence-electron chi connectivity index (χ1n) is 10.3. The molecule has 1 heterocycles. The van der Waals surface area contributed by atoms with Crippen LogP contribution < -0.4 is 10.6 Å². The third-order valence-electron chi connectivity index (χ3n) is 5.71. The molecule has 0 spiro atoms. The largest absolute Gasteiger partial charge is 0.395 e. The summed E-state index contributed by atoms with van der Waals surface area (Å²) < 4.78 is 27.1. The molecule has 0 bridgehead atoms. The average molecular weight is 409 g/mol. The maximum Gasteiger partial charge on any atom is 0.224 e. The van der Waals surface area contributed by atoms with Crippen LogP contribution in [0.25, 0.3) is 0 Å². The van der Waals surface area contributed by atoms with Crippen molar-refractivity contribution in [1.29, 1.82) is 0 Å². The number of rotatable bonds is 10. The Bertz CT molecular complexity index is 727. The van der Waals surface area contributed by atoms with E-state index < -0.39 is 11.6 Å². The Morgan fingerprint density at radius 2 is 1.83 bits per heavy atom. The van der Waals surface area contributed by atoms with E-state index in [2.05, 4.69) is 15.5 Å². The van der Waals surface area contributed by atoms with Crippen LogP contribution in [-0.4, -0.2) is 60.1 Å². The Morgan fingerprint density at radius 1 is 1.07 bits per heavy atom. The number of benzene rings is 1. The van der Waals surface area contributed by atoms with Gasteiger partial charge in [-0.15, -0.1) is 0 Å². The predicted molar refractivity (Wildman–Crippen MR) is 104 cm³/mol. The third kappa shape index (κ3) is 6.21. The summed E-state index contributed by atoms with van der Waals surface area (Å²) in [5, 5.41) is 14.4. The predicted octanol–water partition coefficient (Wildman–Crippen LogP) is 1.37. The minimum absolute atomic E-state index is 0.0437. The molecular weight excluding hydrogens is 380 g/mol. The number of aliphatic hydroxyl groups excluding tert-OH is 1. The molecule has 1 aromatic rings. The van der Waals surface area contributed by atoms with Gasteiger partial charge in [-0.1, -0.05) is 12.1 Å². The number of hydrogen-bond acceptors (Lipinski definition) is 4. The van der Waals surface area contributed by atoms with Gasteiger partial charge in [0.05, 0.1) is 13.0 Å². The number of hydrogen-bond donors (Lipinski definition) is 3. The molecule has 1 aliphatic heterocycles. The summed E-state index contributed by atoms with van der Waals surface area (Å²) in [6.07, 6.45) is 4.31. The zero-order chi connectivity index (χ0) is 20.8. The van der Waals surface area contributed by atoms with Gasteiger partial charge in [-0.3, -0.25) is 14.5 Å². The van der Waals surface area contributed by atoms with E-state index >= 15 is 0 Å². The van der Waals surface area contributed by atoms with Gasteiger partial charge in [0.2, 0.25) is 11.8 Å². The van der Waals surface area contributed by atoms with E-state index in [0.717, 1.165) is 25.5 Å². The molecule has 0 unspecified atom stereocenters. The lowest BCUT2D eigenvalue weighted by atomic mass is 10.1. The van der Waals surface area contributed by atoms with Crippen molar-refractivity contribution in [3.8, 4) is 0 Å². The third-order valence-corrected chi connectivity index (χ3v) is 5.71. The summed E-state index contributed by atoms with van der Waals surface area (Å²) in [6, 6.07) is 4.09. The molecule has 1 saturated heterocycles. The van der Waals surface area contributed by atoms with E-state index in [0.29, 0.717) is 18.9 Å². The SMILES string of the molecule is O=C(Cc1cccc(F)c1F)NC[C@@H]1CC[C@H](CC(=O)NCCO)N1CC1CC1. The van der Waals surface area contributed by atoms with Crippen LogP contribution in [0.3, 0.4) is 0 Å². The van der Waals surface area contributed by atoms with Crippen LogP contribution in [0, 0.1) is 17.6 Å². The molecule has 6 nitrogen and oxygen atoms in total. The molecule has 29 heavy (non-hydrogen) atoms. The molecule has 2 aliphatic rings. The molecule has 160 valence electrons. The van der Waals surface area contributed by atoms with Crippen molar-refractivity contribution >= 4 is 11.8 Å². The molecule has 0 radical (unpaired) electrons. The fourth-order valence-electron chi connectivity index (χ4n) is 3.98. The Hall–Kier alpha value is -2.06. The van der Waals surface area contributed by atoms with Crippen molar-refractivity contribution in [3.63, 3.8) is 0 Å². The van der Waals surface area contributed by atoms with Crippen LogP contribution >= 0.6 is 0 Å². The molecule has 3 rings (SSSR count). The van der Waals surface area contributed by atoms with E-state index in [4.69, 9.17) is 5.11 Å². The normalized spacial score (nSPS) is 21.9. The number of nitrogens with one attached hydrogen (secondary N) is 2. The Morgan fingerprint density at radius 3 is 2.55 bits per heavy atom. The monoisotopic (exact) mass is 409 g/mol. The molecule has 1 aliphatic carbocycles. The van der Waals surface area contributed by atoms with Crippen LogP contribution in [0.4, 0.5) is 8.78 Å². The highest BCUT2D eigenvalue weighted by atomic mass is 19.2. The summed E-state index contributed by atoms with van der Waals surface area (Å²) >= 11 is 0. The molecule has 3 N–H and O–H groups in total. The first-order valence-corrected chi connectivity index (χ1v) is 10.3. The lowest BCUT2D eigenvalue weighted by Crippen LogP contribution is -2.46. The van der Waals surface area contributed by atoms with Crippen molar-refractivity contribution in [1.82, 2.24) is 15.5 Å². The standard InChI is InChI=1S/C21H29F2N3O3/c22-18-3-1-2-15(21(18)23)10-19(28)25-12-17-7-6-16(11-20(29)24-8-9-27)26(17)13-14-4-5-14/h1-3,14,16-17,27H,4-13H2,(H,24,29)(H,25,28)/t16-,17+/m1/s1. The highest BCUT2D eigenvalue weighted by Crippen LogP contribution is 2.35. The number of carbonyl (C=O) groups excluding carboxylic acids is 2. The highest BCUT2D eigenvalue weighted by molar-refractivity contribution is 5.78. The van der Waals surface area contributed by atoms with Crippen LogP contribution in [0.2, 0.25) is 0 Å². The minimum atomic E-state index is -0.979. The van der Waals surface area contributed by atoms with E-state index in [1.54, 1.807) is 0 Å². The maximum absolute atomic E-state index is 13.8. The van der Waals surface area contributed by atoms with Crippen LogP contribution in [-0.2, 0) is 16.0 Å². The van der Waals surface area contributed by atoms with Crippen molar-refractivity contribution < 1.29 is 23.5 Å². The van der Waals surface area contributed by atoms with Crippen molar-refractivity contribution in [2.45, 2.75) is 50.6 Å². The van der Waals surface area contributed by atoms with Gasteiger partial charge in [-0.25, -0.2) is 8.78 Å². The molecule has 2 amide bonds. The Labute approximate surface area is 169 Å². The zero-order valence-electron chi connectivity index (χ0n) is 16.5. The van der Waals surface area contributed by atoms with Gasteiger partial charge in [0.15, 0.2) is 11.6 Å². The topological polar surface area (TPSA) is 81.7 Å². The van der Waals surface area contributed by atoms with Crippen LogP contribution in [0.1, 0.15) is 37.7 Å². The Balaban J connectivity index is 1.52. The minimum Gasteiger partial charge on any atom is -0.395 e. The molecule has 2 fully saturated rings. The van der Waals surface area contributed by atoms with Gasteiger partial charge in [0, 0.05) is 43.7 Å². The number of likely N-dealkylation sites (tertiary alicyclic amines) is 1. The van der Waals surface area contributed by atoms with E-state index in [1.807, 2.05) is 0 Å². The molecule has 0 aromatic heterocycles. The lowest BCUT2D eigenvalue weighted by molar-refractivity contribution is -0.123. The molecular formula is C21H29F2N3O3. The smallest absolute Gasteiger partial charge is 0.224 e. The number of carbonyl (C=O) groups is 2. The zero-order valence-corrected chi connectivity index (χ0v) is 16.5. The molecule has 1 aromatic carbocycles. The molecule has 8 heteroatoms. The fraction of sp³-hybridized carbons (Fsp3) is 0.619. The van der Waals surface area contributed by atoms with Crippen molar-refractivity contribution in [2.24, 2.45) is 5.92 Å². The number of aliphatic hydroxyl groups is 1. The molecule has 2 atom stereocenters. The lowest BCUT2D eigenvalue weighted by Gasteiger charge is -2.30. The van der Waals surface area contributed by atoms with Gasteiger partial charge in [0.1, 0.15) is 0 Å². The molecule has 1 saturated carbocycles. The number of amides is 2. The van der Waals surface area contributed by atoms with E-state index in [1.165, 1.54) is 25.0 Å². The second-order valence-corrected chi connectivity index (χ2v) is 8.00. The van der Waals surface area contributed by atoms with Crippen LogP contribution in [0.15, 0.2) is 18.2 Å².